The number of para-hydroxylation sites is 1. The zero-order valence-corrected chi connectivity index (χ0v) is 15.1. The summed E-state index contributed by atoms with van der Waals surface area (Å²) in [5.41, 5.74) is 3.87. The largest absolute Gasteiger partial charge is 0.494 e. The zero-order chi connectivity index (χ0) is 18.1. The van der Waals surface area contributed by atoms with Crippen molar-refractivity contribution in [2.45, 2.75) is 25.3 Å². The number of carbonyl (C=O) groups is 1. The van der Waals surface area contributed by atoms with Crippen LogP contribution in [0.25, 0.3) is 0 Å². The van der Waals surface area contributed by atoms with Crippen LogP contribution in [0.1, 0.15) is 46.8 Å². The van der Waals surface area contributed by atoms with Gasteiger partial charge in [0, 0.05) is 5.92 Å². The molecule has 1 aliphatic heterocycles. The van der Waals surface area contributed by atoms with Crippen molar-refractivity contribution in [2.75, 3.05) is 19.0 Å². The summed E-state index contributed by atoms with van der Waals surface area (Å²) in [5, 5.41) is 3.64. The van der Waals surface area contributed by atoms with Gasteiger partial charge in [-0.2, -0.15) is 0 Å². The van der Waals surface area contributed by atoms with Crippen LogP contribution < -0.4 is 10.1 Å². The fraction of sp³-hybridized carbons (Fsp3) is 0.318. The third kappa shape index (κ3) is 2.75. The topological polar surface area (TPSA) is 47.6 Å². The minimum absolute atomic E-state index is 0.143. The zero-order valence-electron chi connectivity index (χ0n) is 15.1. The molecule has 0 fully saturated rings. The van der Waals surface area contributed by atoms with Crippen molar-refractivity contribution in [3.8, 4) is 5.75 Å². The fourth-order valence-electron chi connectivity index (χ4n) is 4.17. The summed E-state index contributed by atoms with van der Waals surface area (Å²) in [4.78, 5) is 12.2. The first-order valence-electron chi connectivity index (χ1n) is 9.10. The van der Waals surface area contributed by atoms with Gasteiger partial charge in [0.05, 0.1) is 31.0 Å². The maximum atomic E-state index is 12.2. The van der Waals surface area contributed by atoms with Crippen LogP contribution >= 0.6 is 0 Å². The maximum Gasteiger partial charge on any atom is 0.339 e. The van der Waals surface area contributed by atoms with Gasteiger partial charge in [0.1, 0.15) is 5.75 Å². The minimum atomic E-state index is -0.305. The molecule has 0 aromatic heterocycles. The third-order valence-electron chi connectivity index (χ3n) is 5.35. The van der Waals surface area contributed by atoms with Gasteiger partial charge in [0.15, 0.2) is 0 Å². The predicted molar refractivity (Wildman–Crippen MR) is 102 cm³/mol. The number of methoxy groups -OCH3 is 1. The summed E-state index contributed by atoms with van der Waals surface area (Å²) in [6.45, 7) is 2.64. The lowest BCUT2D eigenvalue weighted by molar-refractivity contribution is 0.0601. The van der Waals surface area contributed by atoms with E-state index in [1.54, 1.807) is 0 Å². The van der Waals surface area contributed by atoms with E-state index in [2.05, 4.69) is 35.7 Å². The maximum absolute atomic E-state index is 12.2. The first-order chi connectivity index (χ1) is 12.7. The van der Waals surface area contributed by atoms with Crippen LogP contribution in [0.3, 0.4) is 0 Å². The lowest BCUT2D eigenvalue weighted by Gasteiger charge is -2.38. The number of hydrogen-bond acceptors (Lipinski definition) is 4. The molecule has 0 amide bonds. The lowest BCUT2D eigenvalue weighted by atomic mass is 9.76. The standard InChI is InChI=1S/C22H23NO3/c1-3-26-15-12-10-14(11-13-15)20-17-7-4-6-16(17)18-8-5-9-19(21(18)23-20)22(24)25-2/h4-6,8-13,16-17,20,23H,3,7H2,1-2H3/t16-,17+,20+/m1/s1. The molecular weight excluding hydrogens is 326 g/mol. The molecule has 0 spiro atoms. The van der Waals surface area contributed by atoms with E-state index >= 15 is 0 Å². The molecule has 0 saturated carbocycles. The Morgan fingerprint density at radius 1 is 1.19 bits per heavy atom. The van der Waals surface area contributed by atoms with Crippen molar-refractivity contribution in [1.82, 2.24) is 0 Å². The van der Waals surface area contributed by atoms with Crippen LogP contribution in [0.15, 0.2) is 54.6 Å². The fourth-order valence-corrected chi connectivity index (χ4v) is 4.17. The highest BCUT2D eigenvalue weighted by Crippen LogP contribution is 2.50. The second kappa shape index (κ2) is 6.87. The van der Waals surface area contributed by atoms with Crippen LogP contribution in [0.4, 0.5) is 5.69 Å². The summed E-state index contributed by atoms with van der Waals surface area (Å²) >= 11 is 0. The third-order valence-corrected chi connectivity index (χ3v) is 5.35. The Balaban J connectivity index is 1.74. The van der Waals surface area contributed by atoms with E-state index in [1.807, 2.05) is 31.2 Å². The summed E-state index contributed by atoms with van der Waals surface area (Å²) < 4.78 is 10.5. The van der Waals surface area contributed by atoms with Crippen molar-refractivity contribution in [2.24, 2.45) is 5.92 Å². The molecule has 4 nitrogen and oxygen atoms in total. The van der Waals surface area contributed by atoms with Crippen LogP contribution in [0, 0.1) is 5.92 Å². The number of fused-ring (bicyclic) bond motifs is 3. The number of allylic oxidation sites excluding steroid dienone is 2. The van der Waals surface area contributed by atoms with E-state index in [0.29, 0.717) is 24.0 Å². The van der Waals surface area contributed by atoms with Gasteiger partial charge in [0.25, 0.3) is 0 Å². The molecule has 1 N–H and O–H groups in total. The van der Waals surface area contributed by atoms with Crippen LogP contribution in [0.2, 0.25) is 0 Å². The number of hydrogen-bond donors (Lipinski definition) is 1. The molecule has 0 bridgehead atoms. The van der Waals surface area contributed by atoms with Crippen LogP contribution in [-0.4, -0.2) is 19.7 Å². The smallest absolute Gasteiger partial charge is 0.339 e. The first-order valence-corrected chi connectivity index (χ1v) is 9.10. The van der Waals surface area contributed by atoms with Gasteiger partial charge in [-0.25, -0.2) is 4.79 Å². The van der Waals surface area contributed by atoms with E-state index in [1.165, 1.54) is 18.2 Å². The number of anilines is 1. The Labute approximate surface area is 153 Å². The SMILES string of the molecule is CCOc1ccc([C@@H]2Nc3c(C(=O)OC)cccc3[C@@H]3C=CC[C@@H]32)cc1. The molecule has 134 valence electrons. The molecule has 0 radical (unpaired) electrons. The van der Waals surface area contributed by atoms with E-state index < -0.39 is 0 Å². The molecular formula is C22H23NO3. The molecule has 3 atom stereocenters. The Kier molecular flexibility index (Phi) is 4.41. The number of benzene rings is 2. The quantitative estimate of drug-likeness (QED) is 0.642. The van der Waals surface area contributed by atoms with Gasteiger partial charge in [0.2, 0.25) is 0 Å². The average molecular weight is 349 g/mol. The van der Waals surface area contributed by atoms with E-state index in [4.69, 9.17) is 9.47 Å². The Morgan fingerprint density at radius 2 is 2.00 bits per heavy atom. The first kappa shape index (κ1) is 16.7. The van der Waals surface area contributed by atoms with E-state index in [-0.39, 0.29) is 12.0 Å². The molecule has 4 rings (SSSR count). The Morgan fingerprint density at radius 3 is 2.73 bits per heavy atom. The lowest BCUT2D eigenvalue weighted by Crippen LogP contribution is -2.30. The predicted octanol–water partition coefficient (Wildman–Crippen LogP) is 4.70. The molecule has 0 unspecified atom stereocenters. The Bertz CT molecular complexity index is 841. The number of nitrogens with one attached hydrogen (secondary N) is 1. The second-order valence-corrected chi connectivity index (χ2v) is 6.74. The molecule has 2 aliphatic rings. The van der Waals surface area contributed by atoms with Gasteiger partial charge in [-0.3, -0.25) is 0 Å². The molecule has 0 saturated heterocycles. The number of carbonyl (C=O) groups excluding carboxylic acids is 1. The van der Waals surface area contributed by atoms with Gasteiger partial charge in [-0.05, 0) is 48.6 Å². The highest BCUT2D eigenvalue weighted by molar-refractivity contribution is 5.97. The molecule has 26 heavy (non-hydrogen) atoms. The average Bonchev–Trinajstić information content (AvgIpc) is 3.17. The van der Waals surface area contributed by atoms with Crippen molar-refractivity contribution in [1.29, 1.82) is 0 Å². The summed E-state index contributed by atoms with van der Waals surface area (Å²) in [5.74, 6) is 1.32. The second-order valence-electron chi connectivity index (χ2n) is 6.74. The highest BCUT2D eigenvalue weighted by Gasteiger charge is 2.39. The van der Waals surface area contributed by atoms with Gasteiger partial charge in [-0.15, -0.1) is 0 Å². The van der Waals surface area contributed by atoms with E-state index in [9.17, 15) is 4.79 Å². The number of rotatable bonds is 4. The van der Waals surface area contributed by atoms with Crippen molar-refractivity contribution in [3.63, 3.8) is 0 Å². The van der Waals surface area contributed by atoms with Crippen LogP contribution in [-0.2, 0) is 4.74 Å². The molecule has 1 heterocycles. The van der Waals surface area contributed by atoms with Crippen LogP contribution in [0.5, 0.6) is 5.75 Å². The van der Waals surface area contributed by atoms with Gasteiger partial charge >= 0.3 is 5.97 Å². The summed E-state index contributed by atoms with van der Waals surface area (Å²) in [7, 11) is 1.42. The van der Waals surface area contributed by atoms with Gasteiger partial charge in [-0.1, -0.05) is 36.4 Å². The highest BCUT2D eigenvalue weighted by atomic mass is 16.5. The van der Waals surface area contributed by atoms with Crippen molar-refractivity contribution >= 4 is 11.7 Å². The number of esters is 1. The summed E-state index contributed by atoms with van der Waals surface area (Å²) in [6, 6.07) is 14.3. The normalized spacial score (nSPS) is 22.9. The molecule has 1 aliphatic carbocycles. The van der Waals surface area contributed by atoms with E-state index in [0.717, 1.165) is 17.9 Å². The molecule has 4 heteroatoms. The number of ether oxygens (including phenoxy) is 2. The van der Waals surface area contributed by atoms with Gasteiger partial charge < -0.3 is 14.8 Å². The van der Waals surface area contributed by atoms with Crippen molar-refractivity contribution < 1.29 is 14.3 Å². The molecule has 2 aromatic carbocycles. The summed E-state index contributed by atoms with van der Waals surface area (Å²) in [6.07, 6.45) is 5.54. The minimum Gasteiger partial charge on any atom is -0.494 e. The monoisotopic (exact) mass is 349 g/mol. The Hall–Kier alpha value is -2.75. The van der Waals surface area contributed by atoms with Crippen molar-refractivity contribution in [3.05, 3.63) is 71.3 Å². The molecule has 2 aromatic rings.